The number of hydrogen-bond donors (Lipinski definition) is 0. The van der Waals surface area contributed by atoms with Crippen molar-refractivity contribution in [2.45, 2.75) is 45.1 Å². The average molecular weight is 391 g/mol. The van der Waals surface area contributed by atoms with E-state index in [-0.39, 0.29) is 22.8 Å². The number of nitrogens with zero attached hydrogens (tertiary/aromatic N) is 2. The summed E-state index contributed by atoms with van der Waals surface area (Å²) in [5, 5.41) is 0. The highest BCUT2D eigenvalue weighted by Gasteiger charge is 2.30. The quantitative estimate of drug-likeness (QED) is 0.784. The first-order valence-electron chi connectivity index (χ1n) is 9.00. The molecule has 146 valence electrons. The summed E-state index contributed by atoms with van der Waals surface area (Å²) >= 11 is 0. The fourth-order valence-corrected chi connectivity index (χ4v) is 4.42. The highest BCUT2D eigenvalue weighted by atomic mass is 32.2. The number of anilines is 1. The Labute approximate surface area is 160 Å². The van der Waals surface area contributed by atoms with Gasteiger partial charge in [0, 0.05) is 25.7 Å². The van der Waals surface area contributed by atoms with Crippen molar-refractivity contribution in [2.75, 3.05) is 18.5 Å². The Morgan fingerprint density at radius 1 is 1.26 bits per heavy atom. The highest BCUT2D eigenvalue weighted by molar-refractivity contribution is 7.89. The highest BCUT2D eigenvalue weighted by Crippen LogP contribution is 2.33. The molecular formula is C20H26N2O4S. The minimum absolute atomic E-state index is 0.0757. The topological polar surface area (TPSA) is 70.8 Å². The van der Waals surface area contributed by atoms with Gasteiger partial charge >= 0.3 is 0 Å². The zero-order valence-electron chi connectivity index (χ0n) is 16.2. The molecule has 0 radical (unpaired) electrons. The predicted octanol–water partition coefficient (Wildman–Crippen LogP) is 3.43. The van der Waals surface area contributed by atoms with E-state index in [4.69, 9.17) is 4.42 Å². The van der Waals surface area contributed by atoms with E-state index >= 15 is 0 Å². The van der Waals surface area contributed by atoms with Crippen molar-refractivity contribution < 1.29 is 17.6 Å². The Balaban J connectivity index is 1.81. The lowest BCUT2D eigenvalue weighted by Gasteiger charge is -2.23. The summed E-state index contributed by atoms with van der Waals surface area (Å²) in [7, 11) is -2.10. The number of carbonyl (C=O) groups excluding carboxylic acids is 1. The van der Waals surface area contributed by atoms with Crippen molar-refractivity contribution in [2.24, 2.45) is 5.41 Å². The van der Waals surface area contributed by atoms with Gasteiger partial charge in [-0.1, -0.05) is 20.8 Å². The monoisotopic (exact) mass is 390 g/mol. The van der Waals surface area contributed by atoms with E-state index in [9.17, 15) is 13.2 Å². The van der Waals surface area contributed by atoms with Crippen LogP contribution in [0.1, 0.15) is 38.5 Å². The summed E-state index contributed by atoms with van der Waals surface area (Å²) in [5.41, 5.74) is 1.62. The van der Waals surface area contributed by atoms with E-state index in [0.717, 1.165) is 11.3 Å². The molecule has 0 N–H and O–H groups in total. The third-order valence-electron chi connectivity index (χ3n) is 4.60. The van der Waals surface area contributed by atoms with Crippen LogP contribution in [0.15, 0.2) is 45.9 Å². The van der Waals surface area contributed by atoms with Gasteiger partial charge in [-0.15, -0.1) is 0 Å². The molecule has 3 rings (SSSR count). The SMILES string of the molecule is CN(Cc1ccco1)S(=O)(=O)c1ccc2c(c1)CCN2C(=O)CC(C)(C)C. The van der Waals surface area contributed by atoms with Crippen molar-refractivity contribution in [1.82, 2.24) is 4.31 Å². The molecule has 1 aliphatic heterocycles. The number of sulfonamides is 1. The van der Waals surface area contributed by atoms with Crippen LogP contribution >= 0.6 is 0 Å². The minimum atomic E-state index is -3.63. The number of fused-ring (bicyclic) bond motifs is 1. The number of hydrogen-bond acceptors (Lipinski definition) is 4. The van der Waals surface area contributed by atoms with Crippen LogP contribution in [0, 0.1) is 5.41 Å². The molecule has 1 aliphatic rings. The van der Waals surface area contributed by atoms with Crippen molar-refractivity contribution in [1.29, 1.82) is 0 Å². The van der Waals surface area contributed by atoms with Crippen LogP contribution in [0.2, 0.25) is 0 Å². The van der Waals surface area contributed by atoms with Gasteiger partial charge in [-0.25, -0.2) is 8.42 Å². The number of carbonyl (C=O) groups is 1. The van der Waals surface area contributed by atoms with Gasteiger partial charge in [-0.05, 0) is 47.7 Å². The predicted molar refractivity (Wildman–Crippen MR) is 104 cm³/mol. The summed E-state index contributed by atoms with van der Waals surface area (Å²) in [4.78, 5) is 14.6. The third-order valence-corrected chi connectivity index (χ3v) is 6.40. The van der Waals surface area contributed by atoms with Crippen molar-refractivity contribution >= 4 is 21.6 Å². The van der Waals surface area contributed by atoms with Gasteiger partial charge in [0.05, 0.1) is 17.7 Å². The van der Waals surface area contributed by atoms with Gasteiger partial charge in [0.15, 0.2) is 0 Å². The lowest BCUT2D eigenvalue weighted by molar-refractivity contribution is -0.120. The van der Waals surface area contributed by atoms with Crippen molar-refractivity contribution in [3.8, 4) is 0 Å². The second-order valence-electron chi connectivity index (χ2n) is 8.16. The zero-order valence-corrected chi connectivity index (χ0v) is 17.0. The van der Waals surface area contributed by atoms with E-state index in [2.05, 4.69) is 0 Å². The van der Waals surface area contributed by atoms with E-state index in [1.165, 1.54) is 17.6 Å². The first-order chi connectivity index (χ1) is 12.6. The first kappa shape index (κ1) is 19.6. The molecule has 0 fully saturated rings. The maximum absolute atomic E-state index is 12.9. The molecule has 0 spiro atoms. The molecule has 27 heavy (non-hydrogen) atoms. The van der Waals surface area contributed by atoms with Crippen LogP contribution < -0.4 is 4.90 Å². The third kappa shape index (κ3) is 4.25. The molecule has 0 aliphatic carbocycles. The van der Waals surface area contributed by atoms with Crippen molar-refractivity contribution in [3.05, 3.63) is 47.9 Å². The average Bonchev–Trinajstić information content (AvgIpc) is 3.21. The van der Waals surface area contributed by atoms with E-state index in [0.29, 0.717) is 25.1 Å². The number of benzene rings is 1. The summed E-state index contributed by atoms with van der Waals surface area (Å²) in [6, 6.07) is 8.49. The first-order valence-corrected chi connectivity index (χ1v) is 10.4. The smallest absolute Gasteiger partial charge is 0.243 e. The molecule has 2 heterocycles. The van der Waals surface area contributed by atoms with E-state index in [1.807, 2.05) is 20.8 Å². The molecule has 7 heteroatoms. The van der Waals surface area contributed by atoms with Gasteiger partial charge in [0.1, 0.15) is 5.76 Å². The zero-order chi connectivity index (χ0) is 19.8. The molecule has 0 saturated heterocycles. The second-order valence-corrected chi connectivity index (χ2v) is 10.2. The van der Waals surface area contributed by atoms with E-state index in [1.54, 1.807) is 35.2 Å². The molecule has 1 aromatic heterocycles. The van der Waals surface area contributed by atoms with E-state index < -0.39 is 10.0 Å². The second kappa shape index (κ2) is 7.13. The largest absolute Gasteiger partial charge is 0.468 e. The van der Waals surface area contributed by atoms with Gasteiger partial charge < -0.3 is 9.32 Å². The van der Waals surface area contributed by atoms with Gasteiger partial charge in [0.2, 0.25) is 15.9 Å². The molecule has 0 atom stereocenters. The number of rotatable bonds is 5. The Morgan fingerprint density at radius 2 is 2.00 bits per heavy atom. The summed E-state index contributed by atoms with van der Waals surface area (Å²) in [5.74, 6) is 0.660. The fourth-order valence-electron chi connectivity index (χ4n) is 3.23. The van der Waals surface area contributed by atoms with Crippen LogP contribution in [0.25, 0.3) is 0 Å². The lowest BCUT2D eigenvalue weighted by Crippen LogP contribution is -2.32. The Bertz CT molecular complexity index is 927. The van der Waals surface area contributed by atoms with Crippen LogP contribution in [-0.4, -0.2) is 32.2 Å². The standard InChI is InChI=1S/C20H26N2O4S/c1-20(2,3)13-19(23)22-10-9-15-12-17(7-8-18(15)22)27(24,25)21(4)14-16-6-5-11-26-16/h5-8,11-12H,9-10,13-14H2,1-4H3. The van der Waals surface area contributed by atoms with Crippen LogP contribution in [0.5, 0.6) is 0 Å². The molecule has 2 aromatic rings. The Kier molecular flexibility index (Phi) is 5.18. The molecule has 0 saturated carbocycles. The summed E-state index contributed by atoms with van der Waals surface area (Å²) < 4.78 is 32.2. The van der Waals surface area contributed by atoms with Gasteiger partial charge in [-0.3, -0.25) is 4.79 Å². The molecule has 0 unspecified atom stereocenters. The maximum atomic E-state index is 12.9. The van der Waals surface area contributed by atoms with Crippen molar-refractivity contribution in [3.63, 3.8) is 0 Å². The maximum Gasteiger partial charge on any atom is 0.243 e. The molecule has 0 bridgehead atoms. The van der Waals surface area contributed by atoms with Crippen LogP contribution in [-0.2, 0) is 27.8 Å². The summed E-state index contributed by atoms with van der Waals surface area (Å²) in [6.07, 6.45) is 2.64. The fraction of sp³-hybridized carbons (Fsp3) is 0.450. The molecule has 6 nitrogen and oxygen atoms in total. The Hall–Kier alpha value is -2.12. The minimum Gasteiger partial charge on any atom is -0.468 e. The molecule has 1 amide bonds. The number of furan rings is 1. The number of amides is 1. The van der Waals surface area contributed by atoms with Gasteiger partial charge in [0.25, 0.3) is 0 Å². The normalized spacial score (nSPS) is 14.6. The summed E-state index contributed by atoms with van der Waals surface area (Å²) in [6.45, 7) is 6.86. The van der Waals surface area contributed by atoms with Crippen LogP contribution in [0.4, 0.5) is 5.69 Å². The lowest BCUT2D eigenvalue weighted by atomic mass is 9.91. The van der Waals surface area contributed by atoms with Crippen LogP contribution in [0.3, 0.4) is 0 Å². The molecular weight excluding hydrogens is 364 g/mol. The Morgan fingerprint density at radius 3 is 2.63 bits per heavy atom. The molecule has 1 aromatic carbocycles. The van der Waals surface area contributed by atoms with Gasteiger partial charge in [-0.2, -0.15) is 4.31 Å².